The first-order chi connectivity index (χ1) is 14.4. The smallest absolute Gasteiger partial charge is 0.192 e. The molecule has 0 N–H and O–H groups in total. The fraction of sp³-hybridized carbons (Fsp3) is 0.692. The quantitative estimate of drug-likeness (QED) is 0.294. The summed E-state index contributed by atoms with van der Waals surface area (Å²) >= 11 is 0. The van der Waals surface area contributed by atoms with Gasteiger partial charge in [0.25, 0.3) is 0 Å². The summed E-state index contributed by atoms with van der Waals surface area (Å²) < 4.78 is 23.9. The summed E-state index contributed by atoms with van der Waals surface area (Å²) in [6, 6.07) is 7.94. The van der Waals surface area contributed by atoms with E-state index in [1.807, 2.05) is 24.3 Å². The topological polar surface area (TPSA) is 36.9 Å². The highest BCUT2D eigenvalue weighted by atomic mass is 28.4. The van der Waals surface area contributed by atoms with Crippen LogP contribution >= 0.6 is 0 Å². The van der Waals surface area contributed by atoms with Crippen LogP contribution in [0.4, 0.5) is 0 Å². The zero-order valence-electron chi connectivity index (χ0n) is 21.2. The number of benzene rings is 1. The minimum atomic E-state index is -1.76. The second-order valence-corrected chi connectivity index (χ2v) is 15.3. The van der Waals surface area contributed by atoms with Gasteiger partial charge in [-0.15, -0.1) is 0 Å². The Morgan fingerprint density at radius 3 is 2.42 bits per heavy atom. The molecule has 1 aliphatic rings. The Bertz CT molecular complexity index is 705. The maximum atomic E-state index is 6.56. The summed E-state index contributed by atoms with van der Waals surface area (Å²) in [5, 5.41) is 0.230. The standard InChI is InChI=1S/C26H44O4Si/c1-19(18-20(2)21(3)30-31(8,9)26(4,5)6)10-13-24-16-17-28-25(29-24)22-11-14-23(27-7)15-12-22/h11-12,14-15,18-19,21,24-25H,10,13,16-17H2,1-9H3/b20-18+/t19-,21-,24+,25?/m0/s1. The van der Waals surface area contributed by atoms with Crippen LogP contribution in [-0.2, 0) is 13.9 Å². The van der Waals surface area contributed by atoms with Gasteiger partial charge in [0.1, 0.15) is 5.75 Å². The van der Waals surface area contributed by atoms with E-state index in [-0.39, 0.29) is 23.5 Å². The van der Waals surface area contributed by atoms with Crippen LogP contribution in [0.5, 0.6) is 5.75 Å². The molecule has 0 spiro atoms. The molecular weight excluding hydrogens is 404 g/mol. The van der Waals surface area contributed by atoms with Crippen molar-refractivity contribution in [1.29, 1.82) is 0 Å². The van der Waals surface area contributed by atoms with Crippen molar-refractivity contribution in [3.8, 4) is 5.75 Å². The van der Waals surface area contributed by atoms with Gasteiger partial charge in [0, 0.05) is 5.56 Å². The van der Waals surface area contributed by atoms with Gasteiger partial charge in [-0.1, -0.05) is 45.9 Å². The number of hydrogen-bond acceptors (Lipinski definition) is 4. The van der Waals surface area contributed by atoms with E-state index < -0.39 is 8.32 Å². The van der Waals surface area contributed by atoms with E-state index in [4.69, 9.17) is 18.6 Å². The van der Waals surface area contributed by atoms with Crippen molar-refractivity contribution in [3.05, 3.63) is 41.5 Å². The molecule has 0 aliphatic carbocycles. The molecule has 4 nitrogen and oxygen atoms in total. The van der Waals surface area contributed by atoms with Crippen LogP contribution in [0.3, 0.4) is 0 Å². The van der Waals surface area contributed by atoms with Crippen LogP contribution in [0, 0.1) is 5.92 Å². The van der Waals surface area contributed by atoms with E-state index in [1.165, 1.54) is 5.57 Å². The molecule has 31 heavy (non-hydrogen) atoms. The number of methoxy groups -OCH3 is 1. The molecule has 1 heterocycles. The summed E-state index contributed by atoms with van der Waals surface area (Å²) in [5.74, 6) is 1.34. The Morgan fingerprint density at radius 2 is 1.84 bits per heavy atom. The molecule has 1 aromatic rings. The van der Waals surface area contributed by atoms with E-state index >= 15 is 0 Å². The van der Waals surface area contributed by atoms with Crippen molar-refractivity contribution in [3.63, 3.8) is 0 Å². The Balaban J connectivity index is 1.85. The second-order valence-electron chi connectivity index (χ2n) is 10.5. The van der Waals surface area contributed by atoms with Crippen LogP contribution in [-0.4, -0.2) is 34.2 Å². The van der Waals surface area contributed by atoms with Crippen LogP contribution in [0.2, 0.25) is 18.1 Å². The Labute approximate surface area is 191 Å². The second kappa shape index (κ2) is 11.1. The van der Waals surface area contributed by atoms with Gasteiger partial charge >= 0.3 is 0 Å². The minimum absolute atomic E-state index is 0.169. The highest BCUT2D eigenvalue weighted by Gasteiger charge is 2.38. The third-order valence-corrected chi connectivity index (χ3v) is 11.4. The normalized spacial score (nSPS) is 22.8. The van der Waals surface area contributed by atoms with Crippen molar-refractivity contribution in [1.82, 2.24) is 0 Å². The van der Waals surface area contributed by atoms with Crippen molar-refractivity contribution in [2.24, 2.45) is 5.92 Å². The zero-order valence-corrected chi connectivity index (χ0v) is 22.2. The van der Waals surface area contributed by atoms with Crippen molar-refractivity contribution >= 4 is 8.32 Å². The molecule has 5 heteroatoms. The van der Waals surface area contributed by atoms with Gasteiger partial charge in [0.05, 0.1) is 25.9 Å². The van der Waals surface area contributed by atoms with Gasteiger partial charge in [-0.25, -0.2) is 0 Å². The molecular formula is C26H44O4Si. The Morgan fingerprint density at radius 1 is 1.19 bits per heavy atom. The first-order valence-electron chi connectivity index (χ1n) is 11.7. The molecule has 1 saturated heterocycles. The molecule has 1 aliphatic heterocycles. The molecule has 0 bridgehead atoms. The van der Waals surface area contributed by atoms with Crippen molar-refractivity contribution < 1.29 is 18.6 Å². The average molecular weight is 449 g/mol. The van der Waals surface area contributed by atoms with Gasteiger partial charge in [-0.3, -0.25) is 0 Å². The molecule has 0 amide bonds. The summed E-state index contributed by atoms with van der Waals surface area (Å²) in [7, 11) is -0.0789. The van der Waals surface area contributed by atoms with Crippen LogP contribution in [0.15, 0.2) is 35.9 Å². The molecule has 0 aromatic heterocycles. The largest absolute Gasteiger partial charge is 0.497 e. The average Bonchev–Trinajstić information content (AvgIpc) is 2.71. The Kier molecular flexibility index (Phi) is 9.37. The third-order valence-electron chi connectivity index (χ3n) is 6.82. The third kappa shape index (κ3) is 7.74. The van der Waals surface area contributed by atoms with Crippen molar-refractivity contribution in [2.45, 2.75) is 97.4 Å². The molecule has 1 unspecified atom stereocenters. The lowest BCUT2D eigenvalue weighted by molar-refractivity contribution is -0.218. The van der Waals surface area contributed by atoms with Crippen LogP contribution in [0.25, 0.3) is 0 Å². The van der Waals surface area contributed by atoms with Gasteiger partial charge < -0.3 is 18.6 Å². The van der Waals surface area contributed by atoms with Crippen LogP contribution in [0.1, 0.15) is 72.7 Å². The van der Waals surface area contributed by atoms with E-state index in [2.05, 4.69) is 60.7 Å². The minimum Gasteiger partial charge on any atom is -0.497 e. The van der Waals surface area contributed by atoms with Crippen LogP contribution < -0.4 is 4.74 Å². The fourth-order valence-electron chi connectivity index (χ4n) is 3.56. The Hall–Kier alpha value is -1.14. The van der Waals surface area contributed by atoms with E-state index in [9.17, 15) is 0 Å². The molecule has 0 radical (unpaired) electrons. The van der Waals surface area contributed by atoms with Crippen molar-refractivity contribution in [2.75, 3.05) is 13.7 Å². The van der Waals surface area contributed by atoms with Gasteiger partial charge in [0.2, 0.25) is 0 Å². The number of ether oxygens (including phenoxy) is 3. The lowest BCUT2D eigenvalue weighted by Crippen LogP contribution is -2.43. The molecule has 4 atom stereocenters. The summed E-state index contributed by atoms with van der Waals surface area (Å²) in [4.78, 5) is 0. The lowest BCUT2D eigenvalue weighted by atomic mass is 9.97. The van der Waals surface area contributed by atoms with E-state index in [0.29, 0.717) is 5.92 Å². The number of hydrogen-bond donors (Lipinski definition) is 0. The molecule has 176 valence electrons. The first kappa shape index (κ1) is 26.1. The first-order valence-corrected chi connectivity index (χ1v) is 14.6. The number of allylic oxidation sites excluding steroid dienone is 1. The molecule has 1 aromatic carbocycles. The maximum Gasteiger partial charge on any atom is 0.192 e. The SMILES string of the molecule is COc1ccc(C2OCC[C@@H](CC[C@H](C)/C=C(\C)[C@H](C)O[Si](C)(C)C(C)(C)C)O2)cc1. The highest BCUT2D eigenvalue weighted by molar-refractivity contribution is 6.74. The summed E-state index contributed by atoms with van der Waals surface area (Å²) in [6.07, 6.45) is 5.60. The highest BCUT2D eigenvalue weighted by Crippen LogP contribution is 2.38. The molecule has 2 rings (SSSR count). The maximum absolute atomic E-state index is 6.56. The molecule has 0 saturated carbocycles. The predicted octanol–water partition coefficient (Wildman–Crippen LogP) is 7.27. The number of rotatable bonds is 9. The van der Waals surface area contributed by atoms with E-state index in [0.717, 1.165) is 37.2 Å². The summed E-state index contributed by atoms with van der Waals surface area (Å²) in [6.45, 7) is 19.0. The molecule has 1 fully saturated rings. The summed E-state index contributed by atoms with van der Waals surface area (Å²) in [5.41, 5.74) is 2.38. The fourth-order valence-corrected chi connectivity index (χ4v) is 4.99. The van der Waals surface area contributed by atoms with Gasteiger partial charge in [0.15, 0.2) is 14.6 Å². The van der Waals surface area contributed by atoms with Gasteiger partial charge in [-0.05, 0) is 74.9 Å². The lowest BCUT2D eigenvalue weighted by Gasteiger charge is -2.38. The monoisotopic (exact) mass is 448 g/mol. The predicted molar refractivity (Wildman–Crippen MR) is 131 cm³/mol. The van der Waals surface area contributed by atoms with Gasteiger partial charge in [-0.2, -0.15) is 0 Å². The zero-order chi connectivity index (χ0) is 23.2. The van der Waals surface area contributed by atoms with E-state index in [1.54, 1.807) is 7.11 Å².